The van der Waals surface area contributed by atoms with Crippen LogP contribution in [0.4, 0.5) is 0 Å². The number of allylic oxidation sites excluding steroid dienone is 1. The number of hydrogen-bond acceptors (Lipinski definition) is 7. The van der Waals surface area contributed by atoms with E-state index in [0.29, 0.717) is 35.1 Å². The number of benzene rings is 3. The first-order chi connectivity index (χ1) is 19.3. The van der Waals surface area contributed by atoms with Gasteiger partial charge in [0.25, 0.3) is 0 Å². The predicted octanol–water partition coefficient (Wildman–Crippen LogP) is 5.92. The largest absolute Gasteiger partial charge is 0.493 e. The molecule has 0 unspecified atom stereocenters. The lowest BCUT2D eigenvalue weighted by atomic mass is 9.91. The summed E-state index contributed by atoms with van der Waals surface area (Å²) >= 11 is 0. The summed E-state index contributed by atoms with van der Waals surface area (Å²) < 4.78 is 25.0. The Morgan fingerprint density at radius 1 is 1.05 bits per heavy atom. The van der Waals surface area contributed by atoms with E-state index in [1.807, 2.05) is 54.7 Å². The van der Waals surface area contributed by atoms with Gasteiger partial charge in [-0.15, -0.1) is 5.10 Å². The van der Waals surface area contributed by atoms with Gasteiger partial charge in [0.2, 0.25) is 0 Å². The zero-order chi connectivity index (χ0) is 28.1. The minimum Gasteiger partial charge on any atom is -0.493 e. The summed E-state index contributed by atoms with van der Waals surface area (Å²) in [6.07, 6.45) is 6.70. The Bertz CT molecular complexity index is 1530. The molecule has 8 heteroatoms. The quantitative estimate of drug-likeness (QED) is 0.183. The lowest BCUT2D eigenvalue weighted by Gasteiger charge is -2.33. The van der Waals surface area contributed by atoms with Gasteiger partial charge < -0.3 is 18.9 Å². The highest BCUT2D eigenvalue weighted by atomic mass is 16.5. The first-order valence-corrected chi connectivity index (χ1v) is 13.2. The molecule has 0 atom stereocenters. The Balaban J connectivity index is 1.39. The molecule has 0 N–H and O–H groups in total. The summed E-state index contributed by atoms with van der Waals surface area (Å²) in [4.78, 5) is 13.5. The summed E-state index contributed by atoms with van der Waals surface area (Å²) in [5, 5.41) is 8.52. The van der Waals surface area contributed by atoms with Gasteiger partial charge in [-0.3, -0.25) is 4.79 Å². The number of methoxy groups -OCH3 is 2. The standard InChI is InChI=1S/C32H33N3O5/c1-32(2)17-16-26-28(40-32)15-12-25(27(36)13-10-22-11-14-29(37-3)30(18-22)38-4)31(26)39-21-24-20-35(34-33-24)19-23-8-6-5-7-9-23/h5-15,18,20H,16-17,19,21H2,1-4H3/b13-10+. The van der Waals surface area contributed by atoms with E-state index in [1.165, 1.54) is 0 Å². The van der Waals surface area contributed by atoms with E-state index in [0.717, 1.165) is 35.3 Å². The Kier molecular flexibility index (Phi) is 7.86. The van der Waals surface area contributed by atoms with E-state index in [2.05, 4.69) is 24.2 Å². The zero-order valence-corrected chi connectivity index (χ0v) is 23.2. The second-order valence-corrected chi connectivity index (χ2v) is 10.3. The third-order valence-electron chi connectivity index (χ3n) is 6.82. The van der Waals surface area contributed by atoms with Crippen LogP contribution in [0.1, 0.15) is 53.0 Å². The number of ketones is 1. The fourth-order valence-electron chi connectivity index (χ4n) is 4.69. The Morgan fingerprint density at radius 3 is 2.62 bits per heavy atom. The van der Waals surface area contributed by atoms with Crippen LogP contribution in [0.25, 0.3) is 6.08 Å². The maximum absolute atomic E-state index is 13.5. The number of aromatic nitrogens is 3. The average Bonchev–Trinajstić information content (AvgIpc) is 3.41. The van der Waals surface area contributed by atoms with E-state index in [1.54, 1.807) is 43.2 Å². The number of nitrogens with zero attached hydrogens (tertiary/aromatic N) is 3. The van der Waals surface area contributed by atoms with Gasteiger partial charge in [-0.25, -0.2) is 4.68 Å². The van der Waals surface area contributed by atoms with Crippen molar-refractivity contribution in [3.8, 4) is 23.0 Å². The molecule has 8 nitrogen and oxygen atoms in total. The summed E-state index contributed by atoms with van der Waals surface area (Å²) in [7, 11) is 3.17. The molecule has 0 radical (unpaired) electrons. The molecule has 40 heavy (non-hydrogen) atoms. The first-order valence-electron chi connectivity index (χ1n) is 13.2. The lowest BCUT2D eigenvalue weighted by molar-refractivity contribution is 0.0829. The van der Waals surface area contributed by atoms with Crippen LogP contribution < -0.4 is 18.9 Å². The summed E-state index contributed by atoms with van der Waals surface area (Å²) in [5.41, 5.74) is 3.68. The van der Waals surface area contributed by atoms with E-state index in [9.17, 15) is 4.79 Å². The third kappa shape index (κ3) is 6.17. The van der Waals surface area contributed by atoms with Crippen molar-refractivity contribution in [2.75, 3.05) is 14.2 Å². The monoisotopic (exact) mass is 539 g/mol. The van der Waals surface area contributed by atoms with Crippen LogP contribution in [0.3, 0.4) is 0 Å². The summed E-state index contributed by atoms with van der Waals surface area (Å²) in [6.45, 7) is 4.91. The number of ether oxygens (including phenoxy) is 4. The minimum absolute atomic E-state index is 0.175. The van der Waals surface area contributed by atoms with Crippen LogP contribution in [0.2, 0.25) is 0 Å². The maximum Gasteiger partial charge on any atom is 0.189 e. The van der Waals surface area contributed by atoms with Crippen molar-refractivity contribution in [3.63, 3.8) is 0 Å². The fraction of sp³-hybridized carbons (Fsp3) is 0.281. The van der Waals surface area contributed by atoms with Crippen molar-refractivity contribution in [3.05, 3.63) is 101 Å². The molecular weight excluding hydrogens is 506 g/mol. The van der Waals surface area contributed by atoms with Gasteiger partial charge in [-0.1, -0.05) is 47.7 Å². The Labute approximate surface area is 234 Å². The van der Waals surface area contributed by atoms with E-state index >= 15 is 0 Å². The topological polar surface area (TPSA) is 84.7 Å². The van der Waals surface area contributed by atoms with Crippen LogP contribution in [-0.2, 0) is 19.6 Å². The third-order valence-corrected chi connectivity index (χ3v) is 6.82. The molecule has 1 aliphatic rings. The van der Waals surface area contributed by atoms with Gasteiger partial charge >= 0.3 is 0 Å². The molecule has 4 aromatic rings. The highest BCUT2D eigenvalue weighted by Crippen LogP contribution is 2.41. The highest BCUT2D eigenvalue weighted by Gasteiger charge is 2.30. The molecule has 206 valence electrons. The fourth-order valence-corrected chi connectivity index (χ4v) is 4.69. The number of fused-ring (bicyclic) bond motifs is 1. The average molecular weight is 540 g/mol. The van der Waals surface area contributed by atoms with E-state index < -0.39 is 0 Å². The van der Waals surface area contributed by atoms with Crippen molar-refractivity contribution < 1.29 is 23.7 Å². The smallest absolute Gasteiger partial charge is 0.189 e. The SMILES string of the molecule is COc1ccc(/C=C/C(=O)c2ccc3c(c2OCc2cn(Cc4ccccc4)nn2)CCC(C)(C)O3)cc1OC. The maximum atomic E-state index is 13.5. The van der Waals surface area contributed by atoms with Crippen molar-refractivity contribution in [1.82, 2.24) is 15.0 Å². The molecule has 0 fully saturated rings. The second kappa shape index (κ2) is 11.7. The molecule has 0 spiro atoms. The van der Waals surface area contributed by atoms with Crippen LogP contribution >= 0.6 is 0 Å². The van der Waals surface area contributed by atoms with Gasteiger partial charge in [-0.05, 0) is 68.2 Å². The second-order valence-electron chi connectivity index (χ2n) is 10.3. The van der Waals surface area contributed by atoms with Crippen molar-refractivity contribution in [1.29, 1.82) is 0 Å². The van der Waals surface area contributed by atoms with Crippen molar-refractivity contribution in [2.24, 2.45) is 0 Å². The molecular formula is C32H33N3O5. The highest BCUT2D eigenvalue weighted by molar-refractivity contribution is 6.09. The van der Waals surface area contributed by atoms with E-state index in [4.69, 9.17) is 18.9 Å². The van der Waals surface area contributed by atoms with Gasteiger partial charge in [0.15, 0.2) is 17.3 Å². The number of carbonyl (C=O) groups is 1. The Morgan fingerprint density at radius 2 is 1.85 bits per heavy atom. The minimum atomic E-state index is -0.288. The summed E-state index contributed by atoms with van der Waals surface area (Å²) in [6, 6.07) is 19.2. The molecule has 0 bridgehead atoms. The molecule has 2 heterocycles. The lowest BCUT2D eigenvalue weighted by Crippen LogP contribution is -2.33. The molecule has 1 aromatic heterocycles. The predicted molar refractivity (Wildman–Crippen MR) is 152 cm³/mol. The number of carbonyl (C=O) groups excluding carboxylic acids is 1. The normalized spacial score (nSPS) is 13.9. The van der Waals surface area contributed by atoms with Crippen molar-refractivity contribution >= 4 is 11.9 Å². The summed E-state index contributed by atoms with van der Waals surface area (Å²) in [5.74, 6) is 2.30. The first kappa shape index (κ1) is 27.0. The van der Waals surface area contributed by atoms with E-state index in [-0.39, 0.29) is 18.0 Å². The molecule has 3 aromatic carbocycles. The van der Waals surface area contributed by atoms with Crippen LogP contribution in [0.15, 0.2) is 72.9 Å². The molecule has 0 saturated carbocycles. The number of rotatable bonds is 10. The molecule has 0 amide bonds. The molecule has 0 aliphatic carbocycles. The Hall–Kier alpha value is -4.59. The van der Waals surface area contributed by atoms with Crippen LogP contribution in [0.5, 0.6) is 23.0 Å². The number of hydrogen-bond donors (Lipinski definition) is 0. The van der Waals surface area contributed by atoms with Gasteiger partial charge in [0.05, 0.1) is 32.5 Å². The molecule has 0 saturated heterocycles. The van der Waals surface area contributed by atoms with Gasteiger partial charge in [-0.2, -0.15) is 0 Å². The van der Waals surface area contributed by atoms with Crippen molar-refractivity contribution in [2.45, 2.75) is 45.4 Å². The molecule has 5 rings (SSSR count). The van der Waals surface area contributed by atoms with Crippen LogP contribution in [-0.4, -0.2) is 40.6 Å². The van der Waals surface area contributed by atoms with Gasteiger partial charge in [0.1, 0.15) is 29.4 Å². The van der Waals surface area contributed by atoms with Crippen LogP contribution in [0, 0.1) is 0 Å². The molecule has 1 aliphatic heterocycles. The zero-order valence-electron chi connectivity index (χ0n) is 23.2. The van der Waals surface area contributed by atoms with Gasteiger partial charge in [0, 0.05) is 5.56 Å².